The molecular weight excluding hydrogens is 320 g/mol. The summed E-state index contributed by atoms with van der Waals surface area (Å²) >= 11 is 5.32. The minimum atomic E-state index is 0.841. The summed E-state index contributed by atoms with van der Waals surface area (Å²) in [5.41, 5.74) is 7.96. The Morgan fingerprint density at radius 1 is 1.26 bits per heavy atom. The molecule has 0 saturated carbocycles. The van der Waals surface area contributed by atoms with E-state index in [1.807, 2.05) is 12.1 Å². The first kappa shape index (κ1) is 14.6. The Bertz CT molecular complexity index is 524. The molecule has 1 heterocycles. The lowest BCUT2D eigenvalue weighted by atomic mass is 10.2. The zero-order valence-corrected chi connectivity index (χ0v) is 13.5. The average molecular weight is 339 g/mol. The molecule has 0 unspecified atom stereocenters. The van der Waals surface area contributed by atoms with Crippen LogP contribution in [0, 0.1) is 0 Å². The summed E-state index contributed by atoms with van der Waals surface area (Å²) < 4.78 is 1.17. The number of nitrogens with zero attached hydrogens (tertiary/aromatic N) is 1. The van der Waals surface area contributed by atoms with Gasteiger partial charge < -0.3 is 5.73 Å². The number of hydrogen-bond donors (Lipinski definition) is 1. The van der Waals surface area contributed by atoms with Gasteiger partial charge in [0.25, 0.3) is 0 Å². The lowest BCUT2D eigenvalue weighted by Crippen LogP contribution is -2.23. The molecule has 0 aliphatic heterocycles. The monoisotopic (exact) mass is 338 g/mol. The van der Waals surface area contributed by atoms with E-state index in [-0.39, 0.29) is 0 Å². The number of rotatable bonds is 6. The van der Waals surface area contributed by atoms with E-state index in [4.69, 9.17) is 5.73 Å². The number of halogens is 1. The van der Waals surface area contributed by atoms with E-state index in [1.54, 1.807) is 11.3 Å². The molecule has 2 aromatic rings. The molecule has 0 fully saturated rings. The van der Waals surface area contributed by atoms with Crippen molar-refractivity contribution in [2.45, 2.75) is 26.4 Å². The normalized spacial score (nSPS) is 11.1. The zero-order valence-electron chi connectivity index (χ0n) is 11.1. The van der Waals surface area contributed by atoms with Crippen molar-refractivity contribution >= 4 is 33.0 Å². The standard InChI is InChI=1S/C15H19BrN2S/c1-2-6-18(10-15-8-13(16)11-19-15)9-12-4-3-5-14(17)7-12/h3-5,7-8,11H,2,6,9-10,17H2,1H3. The van der Waals surface area contributed by atoms with Crippen molar-refractivity contribution in [2.24, 2.45) is 0 Å². The van der Waals surface area contributed by atoms with E-state index in [0.29, 0.717) is 0 Å². The number of anilines is 1. The molecule has 2 rings (SSSR count). The van der Waals surface area contributed by atoms with E-state index in [1.165, 1.54) is 14.9 Å². The second-order valence-electron chi connectivity index (χ2n) is 4.69. The maximum Gasteiger partial charge on any atom is 0.0331 e. The molecule has 1 aromatic heterocycles. The van der Waals surface area contributed by atoms with Crippen molar-refractivity contribution in [2.75, 3.05) is 12.3 Å². The van der Waals surface area contributed by atoms with Gasteiger partial charge in [-0.3, -0.25) is 4.90 Å². The Morgan fingerprint density at radius 2 is 2.11 bits per heavy atom. The molecular formula is C15H19BrN2S. The summed E-state index contributed by atoms with van der Waals surface area (Å²) in [5.74, 6) is 0. The summed E-state index contributed by atoms with van der Waals surface area (Å²) in [7, 11) is 0. The summed E-state index contributed by atoms with van der Waals surface area (Å²) in [6, 6.07) is 10.4. The van der Waals surface area contributed by atoms with Crippen LogP contribution >= 0.6 is 27.3 Å². The van der Waals surface area contributed by atoms with Gasteiger partial charge in [-0.05, 0) is 52.7 Å². The molecule has 0 aliphatic carbocycles. The highest BCUT2D eigenvalue weighted by molar-refractivity contribution is 9.10. The Balaban J connectivity index is 2.03. The van der Waals surface area contributed by atoms with Crippen LogP contribution in [0.3, 0.4) is 0 Å². The molecule has 4 heteroatoms. The maximum absolute atomic E-state index is 5.84. The van der Waals surface area contributed by atoms with Gasteiger partial charge in [-0.15, -0.1) is 11.3 Å². The molecule has 0 spiro atoms. The Kier molecular flexibility index (Phi) is 5.43. The van der Waals surface area contributed by atoms with Crippen molar-refractivity contribution in [3.8, 4) is 0 Å². The minimum absolute atomic E-state index is 0.841. The van der Waals surface area contributed by atoms with E-state index < -0.39 is 0 Å². The Hall–Kier alpha value is -0.840. The summed E-state index contributed by atoms with van der Waals surface area (Å²) in [6.07, 6.45) is 1.16. The van der Waals surface area contributed by atoms with Crippen LogP contribution in [0.5, 0.6) is 0 Å². The summed E-state index contributed by atoms with van der Waals surface area (Å²) in [6.45, 7) is 5.27. The van der Waals surface area contributed by atoms with Crippen molar-refractivity contribution in [1.29, 1.82) is 0 Å². The number of nitrogens with two attached hydrogens (primary N) is 1. The molecule has 1 aromatic carbocycles. The lowest BCUT2D eigenvalue weighted by molar-refractivity contribution is 0.259. The van der Waals surface area contributed by atoms with Crippen molar-refractivity contribution in [3.63, 3.8) is 0 Å². The van der Waals surface area contributed by atoms with E-state index in [0.717, 1.165) is 31.7 Å². The fraction of sp³-hybridized carbons (Fsp3) is 0.333. The Morgan fingerprint density at radius 3 is 2.74 bits per heavy atom. The SMILES string of the molecule is CCCN(Cc1cccc(N)c1)Cc1cc(Br)cs1. The van der Waals surface area contributed by atoms with Crippen LogP contribution < -0.4 is 5.73 Å². The fourth-order valence-electron chi connectivity index (χ4n) is 2.14. The van der Waals surface area contributed by atoms with E-state index >= 15 is 0 Å². The molecule has 102 valence electrons. The topological polar surface area (TPSA) is 29.3 Å². The van der Waals surface area contributed by atoms with E-state index in [9.17, 15) is 0 Å². The molecule has 0 aliphatic rings. The highest BCUT2D eigenvalue weighted by atomic mass is 79.9. The van der Waals surface area contributed by atoms with E-state index in [2.05, 4.69) is 51.3 Å². The highest BCUT2D eigenvalue weighted by Crippen LogP contribution is 2.22. The molecule has 0 radical (unpaired) electrons. The third kappa shape index (κ3) is 4.64. The molecule has 19 heavy (non-hydrogen) atoms. The predicted molar refractivity (Wildman–Crippen MR) is 87.3 cm³/mol. The van der Waals surface area contributed by atoms with Crippen LogP contribution in [0.15, 0.2) is 40.2 Å². The Labute approximate surface area is 127 Å². The number of hydrogen-bond acceptors (Lipinski definition) is 3. The first-order valence-corrected chi connectivity index (χ1v) is 8.14. The third-order valence-electron chi connectivity index (χ3n) is 2.90. The van der Waals surface area contributed by atoms with Gasteiger partial charge in [-0.2, -0.15) is 0 Å². The average Bonchev–Trinajstić information content (AvgIpc) is 2.75. The number of thiophene rings is 1. The molecule has 2 nitrogen and oxygen atoms in total. The van der Waals surface area contributed by atoms with Gasteiger partial charge in [-0.1, -0.05) is 19.1 Å². The molecule has 0 amide bonds. The minimum Gasteiger partial charge on any atom is -0.399 e. The molecule has 0 atom stereocenters. The molecule has 0 saturated heterocycles. The number of benzene rings is 1. The van der Waals surface area contributed by atoms with Crippen molar-refractivity contribution < 1.29 is 0 Å². The third-order valence-corrected chi connectivity index (χ3v) is 4.58. The smallest absolute Gasteiger partial charge is 0.0331 e. The van der Waals surface area contributed by atoms with Gasteiger partial charge in [0.05, 0.1) is 0 Å². The van der Waals surface area contributed by atoms with Crippen LogP contribution in [0.2, 0.25) is 0 Å². The first-order chi connectivity index (χ1) is 9.17. The molecule has 0 bridgehead atoms. The van der Waals surface area contributed by atoms with Gasteiger partial charge in [0.2, 0.25) is 0 Å². The van der Waals surface area contributed by atoms with Crippen LogP contribution in [-0.2, 0) is 13.1 Å². The first-order valence-electron chi connectivity index (χ1n) is 6.47. The molecule has 2 N–H and O–H groups in total. The maximum atomic E-state index is 5.84. The zero-order chi connectivity index (χ0) is 13.7. The van der Waals surface area contributed by atoms with Crippen molar-refractivity contribution in [3.05, 3.63) is 50.6 Å². The van der Waals surface area contributed by atoms with Crippen LogP contribution in [0.25, 0.3) is 0 Å². The van der Waals surface area contributed by atoms with Gasteiger partial charge in [0.15, 0.2) is 0 Å². The van der Waals surface area contributed by atoms with Gasteiger partial charge in [0.1, 0.15) is 0 Å². The van der Waals surface area contributed by atoms with Crippen LogP contribution in [0.4, 0.5) is 5.69 Å². The van der Waals surface area contributed by atoms with Crippen LogP contribution in [-0.4, -0.2) is 11.4 Å². The fourth-order valence-corrected chi connectivity index (χ4v) is 3.63. The summed E-state index contributed by atoms with van der Waals surface area (Å²) in [5, 5.41) is 2.14. The van der Waals surface area contributed by atoms with Crippen LogP contribution in [0.1, 0.15) is 23.8 Å². The quantitative estimate of drug-likeness (QED) is 0.785. The highest BCUT2D eigenvalue weighted by Gasteiger charge is 2.08. The largest absolute Gasteiger partial charge is 0.399 e. The predicted octanol–water partition coefficient (Wildman–Crippen LogP) is 4.51. The summed E-state index contributed by atoms with van der Waals surface area (Å²) in [4.78, 5) is 3.86. The second-order valence-corrected chi connectivity index (χ2v) is 6.60. The second kappa shape index (κ2) is 7.08. The van der Waals surface area contributed by atoms with Gasteiger partial charge in [-0.25, -0.2) is 0 Å². The number of nitrogen functional groups attached to an aromatic ring is 1. The van der Waals surface area contributed by atoms with Crippen molar-refractivity contribution in [1.82, 2.24) is 4.90 Å². The van der Waals surface area contributed by atoms with Gasteiger partial charge in [0, 0.05) is 33.5 Å². The van der Waals surface area contributed by atoms with Gasteiger partial charge >= 0.3 is 0 Å². The lowest BCUT2D eigenvalue weighted by Gasteiger charge is -2.21.